The van der Waals surface area contributed by atoms with Gasteiger partial charge in [0.1, 0.15) is 0 Å². The standard InChI is InChI=1S/C13H9.C13H10.C12H11.2CH3.Zr/c1-3-7-12-10(5-1)9-11-6-2-4-8-13(11)12;1-3-7-12(8-4-1)11-13-9-5-2-6-10-13;1-2-6-11(7-3-1)10-12-8-4-5-9-12;;;/h1-5,7-8H,9H2;1-10H;1-3,6-9H,4,10H2;2*1H3;. The molecule has 7 rings (SSSR count). The molecule has 2 aliphatic rings. The topological polar surface area (TPSA) is 0 Å². The Hall–Kier alpha value is -3.67. The van der Waals surface area contributed by atoms with Crippen LogP contribution in [0.15, 0.2) is 154 Å². The van der Waals surface area contributed by atoms with E-state index in [2.05, 4.69) is 155 Å². The molecule has 0 spiro atoms. The molecule has 5 aromatic carbocycles. The molecule has 0 unspecified atom stereocenters. The Morgan fingerprint density at radius 3 is 1.88 bits per heavy atom. The van der Waals surface area contributed by atoms with Gasteiger partial charge in [-0.05, 0) is 0 Å². The van der Waals surface area contributed by atoms with Crippen LogP contribution >= 0.6 is 0 Å². The molecule has 0 amide bonds. The second kappa shape index (κ2) is 10.3. The zero-order chi connectivity index (χ0) is 27.9. The van der Waals surface area contributed by atoms with Gasteiger partial charge >= 0.3 is 247 Å². The van der Waals surface area contributed by atoms with E-state index in [-0.39, 0.29) is 0 Å². The van der Waals surface area contributed by atoms with Crippen LogP contribution in [0, 0.1) is 0 Å². The van der Waals surface area contributed by atoms with Crippen molar-refractivity contribution in [3.8, 4) is 11.1 Å². The summed E-state index contributed by atoms with van der Waals surface area (Å²) in [6, 6.07) is 49.6. The molecule has 0 radical (unpaired) electrons. The fourth-order valence-electron chi connectivity index (χ4n) is 7.63. The maximum absolute atomic E-state index is 4.25. The van der Waals surface area contributed by atoms with E-state index in [0.717, 1.165) is 19.3 Å². The van der Waals surface area contributed by atoms with Crippen molar-refractivity contribution in [1.82, 2.24) is 0 Å². The Morgan fingerprint density at radius 2 is 1.20 bits per heavy atom. The summed E-state index contributed by atoms with van der Waals surface area (Å²) in [7, 11) is 0. The molecule has 0 saturated heterocycles. The Kier molecular flexibility index (Phi) is 6.60. The summed E-state index contributed by atoms with van der Waals surface area (Å²) in [5.74, 6) is 0. The van der Waals surface area contributed by atoms with Gasteiger partial charge in [-0.15, -0.1) is 0 Å². The van der Waals surface area contributed by atoms with Crippen molar-refractivity contribution >= 4 is 6.48 Å². The van der Waals surface area contributed by atoms with Gasteiger partial charge in [-0.3, -0.25) is 0 Å². The summed E-state index contributed by atoms with van der Waals surface area (Å²) in [5, 5.41) is 0. The van der Waals surface area contributed by atoms with Gasteiger partial charge in [0.2, 0.25) is 0 Å². The zero-order valence-corrected chi connectivity index (χ0v) is 26.4. The number of fused-ring (bicyclic) bond motifs is 3. The number of hydrogen-bond donors (Lipinski definition) is 0. The summed E-state index contributed by atoms with van der Waals surface area (Å²) < 4.78 is 10.3. The minimum absolute atomic E-state index is 0.986. The van der Waals surface area contributed by atoms with Crippen molar-refractivity contribution in [2.75, 3.05) is 0 Å². The fraction of sp³-hybridized carbons (Fsp3) is 0.125. The Bertz CT molecular complexity index is 1840. The van der Waals surface area contributed by atoms with Crippen molar-refractivity contribution in [3.63, 3.8) is 0 Å². The van der Waals surface area contributed by atoms with Gasteiger partial charge < -0.3 is 0 Å². The third kappa shape index (κ3) is 4.43. The molecular formula is C40H36Zr. The van der Waals surface area contributed by atoms with E-state index >= 15 is 0 Å². The molecule has 1 heteroatoms. The van der Waals surface area contributed by atoms with E-state index in [4.69, 9.17) is 0 Å². The SMILES string of the molecule is [CH3][Zr]([CH3])([C]1=CC(Cc2ccccc2)=CC1)(=[C](c1ccccc1)c1ccccc1)[c]1cccc2c1Cc1ccccc1-2. The first-order valence-electron chi connectivity index (χ1n) is 14.8. The van der Waals surface area contributed by atoms with Crippen LogP contribution in [0.4, 0.5) is 0 Å². The Labute approximate surface area is 245 Å². The van der Waals surface area contributed by atoms with E-state index < -0.39 is 18.3 Å². The zero-order valence-electron chi connectivity index (χ0n) is 24.0. The number of allylic oxidation sites excluding steroid dienone is 4. The van der Waals surface area contributed by atoms with Gasteiger partial charge in [0.15, 0.2) is 0 Å². The average molecular weight is 608 g/mol. The summed E-state index contributed by atoms with van der Waals surface area (Å²) in [4.78, 5) is 0. The summed E-state index contributed by atoms with van der Waals surface area (Å²) in [5.41, 5.74) is 11.4. The van der Waals surface area contributed by atoms with E-state index in [1.807, 2.05) is 0 Å². The van der Waals surface area contributed by atoms with Crippen molar-refractivity contribution in [2.24, 2.45) is 0 Å². The van der Waals surface area contributed by atoms with Crippen LogP contribution in [-0.2, 0) is 31.1 Å². The molecule has 0 nitrogen and oxygen atoms in total. The molecule has 2 aliphatic carbocycles. The first kappa shape index (κ1) is 26.2. The number of hydrogen-bond acceptors (Lipinski definition) is 0. The molecule has 0 saturated carbocycles. The van der Waals surface area contributed by atoms with Crippen LogP contribution in [0.25, 0.3) is 11.1 Å². The predicted molar refractivity (Wildman–Crippen MR) is 173 cm³/mol. The average Bonchev–Trinajstić information content (AvgIpc) is 3.64. The number of rotatable bonds is 6. The molecule has 0 aliphatic heterocycles. The second-order valence-corrected chi connectivity index (χ2v) is 28.3. The second-order valence-electron chi connectivity index (χ2n) is 12.5. The fourth-order valence-corrected chi connectivity index (χ4v) is 22.5. The molecule has 41 heavy (non-hydrogen) atoms. The maximum atomic E-state index is 2.71. The van der Waals surface area contributed by atoms with Crippen LogP contribution in [-0.4, -0.2) is 3.21 Å². The van der Waals surface area contributed by atoms with Gasteiger partial charge in [0, 0.05) is 0 Å². The van der Waals surface area contributed by atoms with Gasteiger partial charge in [-0.25, -0.2) is 0 Å². The van der Waals surface area contributed by atoms with Gasteiger partial charge in [0.25, 0.3) is 0 Å². The Morgan fingerprint density at radius 1 is 0.610 bits per heavy atom. The van der Waals surface area contributed by atoms with E-state index in [0.29, 0.717) is 0 Å². The molecule has 0 N–H and O–H groups in total. The van der Waals surface area contributed by atoms with Crippen LogP contribution in [0.5, 0.6) is 0 Å². The van der Waals surface area contributed by atoms with Crippen LogP contribution in [0.2, 0.25) is 9.26 Å². The third-order valence-corrected chi connectivity index (χ3v) is 25.5. The van der Waals surface area contributed by atoms with Crippen LogP contribution < -0.4 is 3.27 Å². The molecule has 0 aromatic heterocycles. The van der Waals surface area contributed by atoms with Crippen molar-refractivity contribution in [2.45, 2.75) is 28.5 Å². The quantitative estimate of drug-likeness (QED) is 0.177. The third-order valence-electron chi connectivity index (χ3n) is 9.69. The van der Waals surface area contributed by atoms with Gasteiger partial charge in [-0.2, -0.15) is 0 Å². The van der Waals surface area contributed by atoms with E-state index in [1.165, 1.54) is 39.0 Å². The summed E-state index contributed by atoms with van der Waals surface area (Å²) in [6.45, 7) is 0. The monoisotopic (exact) mass is 606 g/mol. The molecule has 0 atom stereocenters. The minimum atomic E-state index is -4.25. The first-order chi connectivity index (χ1) is 20.0. The van der Waals surface area contributed by atoms with Crippen molar-refractivity contribution in [3.05, 3.63) is 182 Å². The van der Waals surface area contributed by atoms with E-state index in [9.17, 15) is 0 Å². The molecule has 0 fully saturated rings. The normalized spacial score (nSPS) is 14.2. The predicted octanol–water partition coefficient (Wildman–Crippen LogP) is 9.39. The van der Waals surface area contributed by atoms with Gasteiger partial charge in [-0.1, -0.05) is 0 Å². The molecular weight excluding hydrogens is 572 g/mol. The summed E-state index contributed by atoms with van der Waals surface area (Å²) >= 11 is -4.25. The van der Waals surface area contributed by atoms with E-state index in [1.54, 1.807) is 15.3 Å². The van der Waals surface area contributed by atoms with Crippen molar-refractivity contribution < 1.29 is 18.3 Å². The van der Waals surface area contributed by atoms with Crippen molar-refractivity contribution in [1.29, 1.82) is 0 Å². The molecule has 0 bridgehead atoms. The molecule has 200 valence electrons. The van der Waals surface area contributed by atoms with Crippen LogP contribution in [0.1, 0.15) is 34.2 Å². The Balaban J connectivity index is 1.55. The van der Waals surface area contributed by atoms with Gasteiger partial charge in [0.05, 0.1) is 0 Å². The molecule has 0 heterocycles. The van der Waals surface area contributed by atoms with Crippen LogP contribution in [0.3, 0.4) is 0 Å². The number of benzene rings is 5. The first-order valence-corrected chi connectivity index (χ1v) is 23.4. The summed E-state index contributed by atoms with van der Waals surface area (Å²) in [6.07, 6.45) is 8.14. The molecule has 5 aromatic rings.